The minimum absolute atomic E-state index is 0.695. The van der Waals surface area contributed by atoms with E-state index in [0.717, 1.165) is 34.4 Å². The minimum atomic E-state index is 0.695. The number of methoxy groups -OCH3 is 3. The summed E-state index contributed by atoms with van der Waals surface area (Å²) in [6, 6.07) is 0. The first kappa shape index (κ1) is 14.5. The summed E-state index contributed by atoms with van der Waals surface area (Å²) >= 11 is 3.57. The van der Waals surface area contributed by atoms with Crippen LogP contribution in [-0.4, -0.2) is 39.9 Å². The van der Waals surface area contributed by atoms with Crippen LogP contribution < -0.4 is 14.2 Å². The number of hydrogen-bond donors (Lipinski definition) is 0. The molecule has 1 aromatic rings. The molecule has 0 unspecified atom stereocenters. The van der Waals surface area contributed by atoms with Crippen molar-refractivity contribution < 1.29 is 18.7 Å². The molecule has 1 aromatic carbocycles. The summed E-state index contributed by atoms with van der Waals surface area (Å²) in [6.45, 7) is 1.92. The third-order valence-electron chi connectivity index (χ3n) is 3.61. The molecule has 0 aliphatic carbocycles. The fraction of sp³-hybridized carbons (Fsp3) is 0.571. The Morgan fingerprint density at radius 1 is 0.895 bits per heavy atom. The van der Waals surface area contributed by atoms with E-state index < -0.39 is 0 Å². The van der Waals surface area contributed by atoms with Gasteiger partial charge in [-0.15, -0.1) is 0 Å². The summed E-state index contributed by atoms with van der Waals surface area (Å²) in [5.74, 6) is 2.28. The van der Waals surface area contributed by atoms with Gasteiger partial charge in [-0.2, -0.15) is 0 Å². The van der Waals surface area contributed by atoms with Crippen LogP contribution in [0.2, 0.25) is 0 Å². The maximum Gasteiger partial charge on any atom is 0.204 e. The third-order valence-corrected chi connectivity index (χ3v) is 4.17. The summed E-state index contributed by atoms with van der Waals surface area (Å²) in [4.78, 5) is 0. The molecule has 19 heavy (non-hydrogen) atoms. The molecule has 0 saturated carbocycles. The van der Waals surface area contributed by atoms with E-state index in [-0.39, 0.29) is 0 Å². The molecular formula is C14H21BrNO3+. The summed E-state index contributed by atoms with van der Waals surface area (Å²) in [5, 5.41) is 0.749. The Labute approximate surface area is 123 Å². The van der Waals surface area contributed by atoms with Crippen LogP contribution in [0.5, 0.6) is 17.2 Å². The number of benzene rings is 1. The minimum Gasteiger partial charge on any atom is -0.492 e. The van der Waals surface area contributed by atoms with Crippen LogP contribution in [0.25, 0.3) is 0 Å². The van der Waals surface area contributed by atoms with E-state index in [1.807, 2.05) is 0 Å². The van der Waals surface area contributed by atoms with Gasteiger partial charge in [-0.1, -0.05) is 15.9 Å². The van der Waals surface area contributed by atoms with Crippen LogP contribution in [-0.2, 0) is 18.4 Å². The Morgan fingerprint density at radius 2 is 1.42 bits per heavy atom. The van der Waals surface area contributed by atoms with Crippen molar-refractivity contribution >= 4 is 15.9 Å². The number of fused-ring (bicyclic) bond motifs is 1. The van der Waals surface area contributed by atoms with Gasteiger partial charge in [0.15, 0.2) is 11.5 Å². The monoisotopic (exact) mass is 330 g/mol. The normalized spacial score (nSPS) is 16.1. The summed E-state index contributed by atoms with van der Waals surface area (Å²) < 4.78 is 17.6. The highest BCUT2D eigenvalue weighted by atomic mass is 79.9. The second-order valence-corrected chi connectivity index (χ2v) is 5.98. The van der Waals surface area contributed by atoms with Crippen molar-refractivity contribution in [3.63, 3.8) is 0 Å². The number of halogens is 1. The smallest absolute Gasteiger partial charge is 0.204 e. The molecule has 1 aliphatic rings. The van der Waals surface area contributed by atoms with Crippen LogP contribution in [0.3, 0.4) is 0 Å². The Hall–Kier alpha value is -0.940. The number of alkyl halides is 1. The molecule has 0 aromatic heterocycles. The number of ether oxygens (including phenoxy) is 3. The highest BCUT2D eigenvalue weighted by molar-refractivity contribution is 9.08. The first-order valence-corrected chi connectivity index (χ1v) is 7.31. The molecule has 0 atom stereocenters. The molecule has 1 aliphatic heterocycles. The van der Waals surface area contributed by atoms with Crippen LogP contribution >= 0.6 is 15.9 Å². The highest BCUT2D eigenvalue weighted by Gasteiger charge is 2.37. The van der Waals surface area contributed by atoms with E-state index in [1.165, 1.54) is 16.7 Å². The van der Waals surface area contributed by atoms with Gasteiger partial charge >= 0.3 is 0 Å². The van der Waals surface area contributed by atoms with Crippen LogP contribution in [0.4, 0.5) is 0 Å². The van der Waals surface area contributed by atoms with Crippen molar-refractivity contribution in [2.75, 3.05) is 35.4 Å². The van der Waals surface area contributed by atoms with Crippen molar-refractivity contribution in [1.82, 2.24) is 0 Å². The molecular weight excluding hydrogens is 310 g/mol. The van der Waals surface area contributed by atoms with Crippen molar-refractivity contribution in [3.8, 4) is 17.2 Å². The molecule has 0 N–H and O–H groups in total. The standard InChI is InChI=1S/C14H21BrNO3/c1-16(2)7-10-9(6-15)12(17-3)14(19-5)13(18-4)11(10)8-16/h6-8H2,1-5H3/q+1. The zero-order valence-corrected chi connectivity index (χ0v) is 13.8. The first-order valence-electron chi connectivity index (χ1n) is 6.19. The zero-order valence-electron chi connectivity index (χ0n) is 12.2. The fourth-order valence-electron chi connectivity index (χ4n) is 2.86. The number of rotatable bonds is 4. The molecule has 1 heterocycles. The van der Waals surface area contributed by atoms with Crippen molar-refractivity contribution in [2.45, 2.75) is 18.4 Å². The van der Waals surface area contributed by atoms with Gasteiger partial charge in [0.05, 0.1) is 41.0 Å². The lowest BCUT2D eigenvalue weighted by molar-refractivity contribution is -0.910. The molecule has 5 heteroatoms. The van der Waals surface area contributed by atoms with Crippen LogP contribution in [0, 0.1) is 0 Å². The Morgan fingerprint density at radius 3 is 1.89 bits per heavy atom. The van der Waals surface area contributed by atoms with E-state index in [9.17, 15) is 0 Å². The number of hydrogen-bond acceptors (Lipinski definition) is 3. The van der Waals surface area contributed by atoms with Gasteiger partial charge in [0.25, 0.3) is 0 Å². The average molecular weight is 331 g/mol. The number of nitrogens with zero attached hydrogens (tertiary/aromatic N) is 1. The summed E-state index contributed by atoms with van der Waals surface area (Å²) in [6.07, 6.45) is 0. The second-order valence-electron chi connectivity index (χ2n) is 5.42. The van der Waals surface area contributed by atoms with E-state index in [1.54, 1.807) is 21.3 Å². The van der Waals surface area contributed by atoms with Crippen molar-refractivity contribution in [2.24, 2.45) is 0 Å². The molecule has 2 rings (SSSR count). The molecule has 0 bridgehead atoms. The molecule has 4 nitrogen and oxygen atoms in total. The first-order chi connectivity index (χ1) is 8.99. The molecule has 0 spiro atoms. The van der Waals surface area contributed by atoms with Gasteiger partial charge in [-0.05, 0) is 0 Å². The quantitative estimate of drug-likeness (QED) is 0.627. The maximum atomic E-state index is 5.58. The van der Waals surface area contributed by atoms with Crippen LogP contribution in [0.1, 0.15) is 16.7 Å². The van der Waals surface area contributed by atoms with E-state index in [4.69, 9.17) is 14.2 Å². The van der Waals surface area contributed by atoms with Gasteiger partial charge < -0.3 is 18.7 Å². The lowest BCUT2D eigenvalue weighted by Gasteiger charge is -2.22. The van der Waals surface area contributed by atoms with Crippen molar-refractivity contribution in [1.29, 1.82) is 0 Å². The van der Waals surface area contributed by atoms with Gasteiger partial charge in [0, 0.05) is 16.5 Å². The predicted octanol–water partition coefficient (Wildman–Crippen LogP) is 2.70. The Bertz CT molecular complexity index is 457. The third kappa shape index (κ3) is 2.30. The number of quaternary nitrogens is 1. The zero-order chi connectivity index (χ0) is 14.2. The summed E-state index contributed by atoms with van der Waals surface area (Å²) in [5.41, 5.74) is 3.72. The Balaban J connectivity index is 2.75. The van der Waals surface area contributed by atoms with E-state index in [0.29, 0.717) is 5.75 Å². The lowest BCUT2D eigenvalue weighted by Crippen LogP contribution is -2.32. The van der Waals surface area contributed by atoms with Gasteiger partial charge in [0.2, 0.25) is 5.75 Å². The summed E-state index contributed by atoms with van der Waals surface area (Å²) in [7, 11) is 9.45. The van der Waals surface area contributed by atoms with Crippen LogP contribution in [0.15, 0.2) is 0 Å². The van der Waals surface area contributed by atoms with E-state index >= 15 is 0 Å². The fourth-order valence-corrected chi connectivity index (χ4v) is 3.46. The predicted molar refractivity (Wildman–Crippen MR) is 78.2 cm³/mol. The van der Waals surface area contributed by atoms with Gasteiger partial charge in [-0.25, -0.2) is 0 Å². The molecule has 0 radical (unpaired) electrons. The largest absolute Gasteiger partial charge is 0.492 e. The molecule has 0 saturated heterocycles. The topological polar surface area (TPSA) is 27.7 Å². The average Bonchev–Trinajstić information content (AvgIpc) is 2.70. The highest BCUT2D eigenvalue weighted by Crippen LogP contribution is 2.49. The van der Waals surface area contributed by atoms with E-state index in [2.05, 4.69) is 30.0 Å². The Kier molecular flexibility index (Phi) is 3.97. The van der Waals surface area contributed by atoms with Crippen molar-refractivity contribution in [3.05, 3.63) is 16.7 Å². The second kappa shape index (κ2) is 5.21. The molecule has 0 fully saturated rings. The van der Waals surface area contributed by atoms with Gasteiger partial charge in [0.1, 0.15) is 13.1 Å². The van der Waals surface area contributed by atoms with Gasteiger partial charge in [-0.3, -0.25) is 0 Å². The SMILES string of the molecule is COc1c(CBr)c2c(c(OC)c1OC)C[N+](C)(C)C2. The molecule has 0 amide bonds. The maximum absolute atomic E-state index is 5.58. The lowest BCUT2D eigenvalue weighted by atomic mass is 10.0. The molecule has 106 valence electrons.